The highest BCUT2D eigenvalue weighted by Crippen LogP contribution is 2.32. The summed E-state index contributed by atoms with van der Waals surface area (Å²) in [4.78, 5) is 40.1. The topological polar surface area (TPSA) is 96.4 Å². The summed E-state index contributed by atoms with van der Waals surface area (Å²) >= 11 is 12.2. The first-order chi connectivity index (χ1) is 18.6. The van der Waals surface area contributed by atoms with E-state index in [9.17, 15) is 23.2 Å². The van der Waals surface area contributed by atoms with E-state index >= 15 is 0 Å². The molecule has 198 valence electrons. The summed E-state index contributed by atoms with van der Waals surface area (Å²) in [5.41, 5.74) is 2.26. The molecule has 0 aliphatic heterocycles. The van der Waals surface area contributed by atoms with Gasteiger partial charge in [-0.25, -0.2) is 8.78 Å². The van der Waals surface area contributed by atoms with Crippen molar-refractivity contribution in [3.63, 3.8) is 0 Å². The second kappa shape index (κ2) is 12.1. The number of amides is 1. The number of carbonyl (C=O) groups excluding carboxylic acids is 2. The third-order valence-electron chi connectivity index (χ3n) is 5.84. The summed E-state index contributed by atoms with van der Waals surface area (Å²) in [5.74, 6) is -4.39. The standard InChI is InChI=1S/C29H20Cl2F2N2O4/c30-18-7-10-20(23(31)12-18)16-4-8-19(9-5-16)35-29(39)22-14-25(33)24(32)13-21(22)17-6-11-26(34-15-17)27(36)2-1-3-28(37)38/h4-15H,1-3H2,(H,35,39)(H,37,38). The molecule has 0 unspecified atom stereocenters. The number of halogens is 4. The number of aromatic nitrogens is 1. The quantitative estimate of drug-likeness (QED) is 0.202. The SMILES string of the molecule is O=C(O)CCCC(=O)c1ccc(-c2cc(F)c(F)cc2C(=O)Nc2ccc(-c3ccc(Cl)cc3Cl)cc2)cn1. The Hall–Kier alpha value is -4.14. The first kappa shape index (κ1) is 27.9. The zero-order valence-corrected chi connectivity index (χ0v) is 21.7. The molecule has 0 bridgehead atoms. The molecule has 0 saturated carbocycles. The van der Waals surface area contributed by atoms with E-state index < -0.39 is 23.5 Å². The van der Waals surface area contributed by atoms with Crippen LogP contribution in [0.25, 0.3) is 22.3 Å². The fraction of sp³-hybridized carbons (Fsp3) is 0.103. The Kier molecular flexibility index (Phi) is 8.69. The molecule has 1 amide bonds. The molecule has 0 aliphatic rings. The van der Waals surface area contributed by atoms with Gasteiger partial charge in [0.1, 0.15) is 5.69 Å². The zero-order chi connectivity index (χ0) is 28.1. The number of hydrogen-bond donors (Lipinski definition) is 2. The summed E-state index contributed by atoms with van der Waals surface area (Å²) in [5, 5.41) is 12.4. The number of aliphatic carboxylic acids is 1. The predicted octanol–water partition coefficient (Wildman–Crippen LogP) is 7.69. The van der Waals surface area contributed by atoms with Crippen LogP contribution >= 0.6 is 23.2 Å². The predicted molar refractivity (Wildman–Crippen MR) is 145 cm³/mol. The molecule has 3 aromatic carbocycles. The molecule has 0 aliphatic carbocycles. The number of anilines is 1. The molecule has 2 N–H and O–H groups in total. The minimum Gasteiger partial charge on any atom is -0.481 e. The third kappa shape index (κ3) is 6.85. The van der Waals surface area contributed by atoms with Crippen LogP contribution in [0.4, 0.5) is 14.5 Å². The number of pyridine rings is 1. The maximum absolute atomic E-state index is 14.2. The van der Waals surface area contributed by atoms with Crippen molar-refractivity contribution in [3.8, 4) is 22.3 Å². The molecule has 0 radical (unpaired) electrons. The average Bonchev–Trinajstić information content (AvgIpc) is 2.90. The Bertz CT molecular complexity index is 1560. The van der Waals surface area contributed by atoms with E-state index in [0.717, 1.165) is 23.3 Å². The van der Waals surface area contributed by atoms with Gasteiger partial charge in [-0.3, -0.25) is 19.4 Å². The van der Waals surface area contributed by atoms with Crippen LogP contribution in [0.2, 0.25) is 10.0 Å². The van der Waals surface area contributed by atoms with Crippen LogP contribution in [0.5, 0.6) is 0 Å². The molecule has 4 rings (SSSR count). The molecule has 10 heteroatoms. The van der Waals surface area contributed by atoms with Crippen molar-refractivity contribution >= 4 is 46.5 Å². The van der Waals surface area contributed by atoms with E-state index in [1.807, 2.05) is 0 Å². The molecule has 0 atom stereocenters. The van der Waals surface area contributed by atoms with E-state index in [2.05, 4.69) is 10.3 Å². The van der Waals surface area contributed by atoms with Crippen molar-refractivity contribution in [1.29, 1.82) is 0 Å². The molecular weight excluding hydrogens is 549 g/mol. The van der Waals surface area contributed by atoms with Crippen LogP contribution in [-0.2, 0) is 4.79 Å². The maximum Gasteiger partial charge on any atom is 0.303 e. The highest BCUT2D eigenvalue weighted by molar-refractivity contribution is 6.36. The Morgan fingerprint density at radius 3 is 2.15 bits per heavy atom. The number of carbonyl (C=O) groups is 3. The minimum atomic E-state index is -1.20. The highest BCUT2D eigenvalue weighted by Gasteiger charge is 2.19. The molecule has 1 aromatic heterocycles. The third-order valence-corrected chi connectivity index (χ3v) is 6.39. The van der Waals surface area contributed by atoms with Crippen LogP contribution in [0.1, 0.15) is 40.1 Å². The van der Waals surface area contributed by atoms with E-state index in [1.165, 1.54) is 18.3 Å². The van der Waals surface area contributed by atoms with E-state index in [4.69, 9.17) is 28.3 Å². The number of benzene rings is 3. The van der Waals surface area contributed by atoms with Gasteiger partial charge in [0.05, 0.1) is 5.56 Å². The molecular formula is C29H20Cl2F2N2O4. The molecule has 6 nitrogen and oxygen atoms in total. The van der Waals surface area contributed by atoms with Gasteiger partial charge in [0.25, 0.3) is 5.91 Å². The molecule has 39 heavy (non-hydrogen) atoms. The fourth-order valence-corrected chi connectivity index (χ4v) is 4.39. The molecule has 0 saturated heterocycles. The second-order valence-corrected chi connectivity index (χ2v) is 9.41. The van der Waals surface area contributed by atoms with Crippen molar-refractivity contribution in [2.75, 3.05) is 5.32 Å². The number of hydrogen-bond acceptors (Lipinski definition) is 4. The van der Waals surface area contributed by atoms with Gasteiger partial charge >= 0.3 is 5.97 Å². The Morgan fingerprint density at radius 1 is 0.821 bits per heavy atom. The summed E-state index contributed by atoms with van der Waals surface area (Å²) in [6, 6.07) is 16.4. The first-order valence-corrected chi connectivity index (χ1v) is 12.5. The Morgan fingerprint density at radius 2 is 1.51 bits per heavy atom. The van der Waals surface area contributed by atoms with Crippen LogP contribution in [0, 0.1) is 11.6 Å². The lowest BCUT2D eigenvalue weighted by Gasteiger charge is -2.12. The van der Waals surface area contributed by atoms with Gasteiger partial charge in [0, 0.05) is 45.9 Å². The van der Waals surface area contributed by atoms with Gasteiger partial charge < -0.3 is 10.4 Å². The van der Waals surface area contributed by atoms with Crippen molar-refractivity contribution in [2.45, 2.75) is 19.3 Å². The van der Waals surface area contributed by atoms with Crippen molar-refractivity contribution in [3.05, 3.63) is 106 Å². The smallest absolute Gasteiger partial charge is 0.303 e. The lowest BCUT2D eigenvalue weighted by Crippen LogP contribution is -2.14. The minimum absolute atomic E-state index is 0.000489. The summed E-state index contributed by atoms with van der Waals surface area (Å²) in [7, 11) is 0. The number of carboxylic acids is 1. The number of Topliss-reactive ketones (excluding diaryl/α,β-unsaturated/α-hetero) is 1. The Labute approximate surface area is 232 Å². The van der Waals surface area contributed by atoms with Crippen LogP contribution < -0.4 is 5.32 Å². The second-order valence-electron chi connectivity index (χ2n) is 8.57. The number of nitrogens with zero attached hydrogens (tertiary/aromatic N) is 1. The lowest BCUT2D eigenvalue weighted by atomic mass is 9.99. The summed E-state index contributed by atoms with van der Waals surface area (Å²) in [6.45, 7) is 0. The van der Waals surface area contributed by atoms with Crippen molar-refractivity contribution in [1.82, 2.24) is 4.98 Å². The van der Waals surface area contributed by atoms with E-state index in [-0.39, 0.29) is 47.4 Å². The van der Waals surface area contributed by atoms with Gasteiger partial charge in [-0.1, -0.05) is 47.5 Å². The van der Waals surface area contributed by atoms with Crippen molar-refractivity contribution in [2.24, 2.45) is 0 Å². The monoisotopic (exact) mass is 568 g/mol. The van der Waals surface area contributed by atoms with Crippen LogP contribution in [0.3, 0.4) is 0 Å². The average molecular weight is 569 g/mol. The number of ketones is 1. The largest absolute Gasteiger partial charge is 0.481 e. The van der Waals surface area contributed by atoms with Crippen LogP contribution in [0.15, 0.2) is 72.9 Å². The normalized spacial score (nSPS) is 10.8. The number of carboxylic acid groups (broad SMARTS) is 1. The van der Waals surface area contributed by atoms with Gasteiger partial charge in [-0.2, -0.15) is 0 Å². The first-order valence-electron chi connectivity index (χ1n) is 11.7. The highest BCUT2D eigenvalue weighted by atomic mass is 35.5. The Balaban J connectivity index is 1.55. The molecule has 1 heterocycles. The number of rotatable bonds is 9. The van der Waals surface area contributed by atoms with Gasteiger partial charge in [0.15, 0.2) is 17.4 Å². The summed E-state index contributed by atoms with van der Waals surface area (Å²) in [6.07, 6.45) is 1.30. The lowest BCUT2D eigenvalue weighted by molar-refractivity contribution is -0.137. The maximum atomic E-state index is 14.2. The van der Waals surface area contributed by atoms with Crippen LogP contribution in [-0.4, -0.2) is 27.8 Å². The fourth-order valence-electron chi connectivity index (χ4n) is 3.88. The summed E-state index contributed by atoms with van der Waals surface area (Å²) < 4.78 is 28.3. The van der Waals surface area contributed by atoms with Gasteiger partial charge in [-0.15, -0.1) is 0 Å². The zero-order valence-electron chi connectivity index (χ0n) is 20.2. The molecule has 0 spiro atoms. The van der Waals surface area contributed by atoms with E-state index in [1.54, 1.807) is 42.5 Å². The van der Waals surface area contributed by atoms with Gasteiger partial charge in [0.2, 0.25) is 0 Å². The molecule has 4 aromatic rings. The van der Waals surface area contributed by atoms with Crippen molar-refractivity contribution < 1.29 is 28.3 Å². The molecule has 0 fully saturated rings. The van der Waals surface area contributed by atoms with E-state index in [0.29, 0.717) is 15.7 Å². The van der Waals surface area contributed by atoms with Gasteiger partial charge in [-0.05, 0) is 60.0 Å². The number of nitrogens with one attached hydrogen (secondary N) is 1.